The molecule has 0 aliphatic heterocycles. The minimum absolute atomic E-state index is 0.208. The number of hydrogen-bond donors (Lipinski definition) is 0. The van der Waals surface area contributed by atoms with Crippen molar-refractivity contribution in [1.29, 1.82) is 0 Å². The van der Waals surface area contributed by atoms with E-state index in [0.717, 1.165) is 17.2 Å². The van der Waals surface area contributed by atoms with Crippen LogP contribution in [0.15, 0.2) is 24.3 Å². The summed E-state index contributed by atoms with van der Waals surface area (Å²) in [6, 6.07) is 8.47. The summed E-state index contributed by atoms with van der Waals surface area (Å²) in [7, 11) is 1.65. The van der Waals surface area contributed by atoms with Crippen molar-refractivity contribution >= 4 is 5.91 Å². The van der Waals surface area contributed by atoms with Gasteiger partial charge in [0.15, 0.2) is 0 Å². The zero-order valence-corrected chi connectivity index (χ0v) is 13.0. The van der Waals surface area contributed by atoms with Gasteiger partial charge in [-0.1, -0.05) is 6.92 Å². The molecule has 0 spiro atoms. The monoisotopic (exact) mass is 287 g/mol. The van der Waals surface area contributed by atoms with Crippen LogP contribution in [0.4, 0.5) is 0 Å². The van der Waals surface area contributed by atoms with Crippen molar-refractivity contribution < 1.29 is 9.53 Å². The van der Waals surface area contributed by atoms with Gasteiger partial charge in [0.2, 0.25) is 0 Å². The molecule has 1 amide bonds. The van der Waals surface area contributed by atoms with Gasteiger partial charge in [0.05, 0.1) is 7.11 Å². The number of nitrogens with zero attached hydrogens (tertiary/aromatic N) is 1. The highest BCUT2D eigenvalue weighted by molar-refractivity contribution is 5.95. The number of amides is 1. The molecule has 0 saturated heterocycles. The van der Waals surface area contributed by atoms with E-state index in [1.165, 1.54) is 38.5 Å². The van der Waals surface area contributed by atoms with Gasteiger partial charge in [0.1, 0.15) is 5.75 Å². The van der Waals surface area contributed by atoms with E-state index < -0.39 is 0 Å². The zero-order valence-electron chi connectivity index (χ0n) is 13.0. The number of rotatable bonds is 4. The van der Waals surface area contributed by atoms with Gasteiger partial charge in [0, 0.05) is 17.6 Å². The van der Waals surface area contributed by atoms with Crippen LogP contribution in [0.3, 0.4) is 0 Å². The minimum Gasteiger partial charge on any atom is -0.497 e. The van der Waals surface area contributed by atoms with Gasteiger partial charge in [-0.2, -0.15) is 0 Å². The first-order valence-corrected chi connectivity index (χ1v) is 8.15. The summed E-state index contributed by atoms with van der Waals surface area (Å²) in [5.74, 6) is 1.83. The lowest BCUT2D eigenvalue weighted by Crippen LogP contribution is -2.43. The maximum absolute atomic E-state index is 12.9. The first kappa shape index (κ1) is 14.4. The van der Waals surface area contributed by atoms with Crippen molar-refractivity contribution in [2.24, 2.45) is 5.92 Å². The van der Waals surface area contributed by atoms with Crippen LogP contribution < -0.4 is 4.74 Å². The van der Waals surface area contributed by atoms with Crippen LogP contribution in [0.25, 0.3) is 0 Å². The molecule has 3 heteroatoms. The van der Waals surface area contributed by atoms with E-state index in [4.69, 9.17) is 4.74 Å². The van der Waals surface area contributed by atoms with Crippen LogP contribution in [-0.4, -0.2) is 30.0 Å². The molecule has 0 N–H and O–H groups in total. The second-order valence-corrected chi connectivity index (χ2v) is 6.59. The van der Waals surface area contributed by atoms with E-state index in [-0.39, 0.29) is 5.91 Å². The third-order valence-corrected chi connectivity index (χ3v) is 4.89. The van der Waals surface area contributed by atoms with Gasteiger partial charge < -0.3 is 9.64 Å². The Bertz CT molecular complexity index is 484. The number of ether oxygens (including phenoxy) is 1. The number of carbonyl (C=O) groups is 1. The van der Waals surface area contributed by atoms with Crippen LogP contribution in [0.2, 0.25) is 0 Å². The fraction of sp³-hybridized carbons (Fsp3) is 0.611. The van der Waals surface area contributed by atoms with Gasteiger partial charge >= 0.3 is 0 Å². The summed E-state index contributed by atoms with van der Waals surface area (Å²) in [5, 5.41) is 0. The summed E-state index contributed by atoms with van der Waals surface area (Å²) < 4.78 is 5.17. The molecule has 2 fully saturated rings. The maximum Gasteiger partial charge on any atom is 0.254 e. The quantitative estimate of drug-likeness (QED) is 0.841. The summed E-state index contributed by atoms with van der Waals surface area (Å²) in [5.41, 5.74) is 0.793. The smallest absolute Gasteiger partial charge is 0.254 e. The summed E-state index contributed by atoms with van der Waals surface area (Å²) in [6.07, 6.45) is 7.19. The molecule has 0 bridgehead atoms. The largest absolute Gasteiger partial charge is 0.497 e. The van der Waals surface area contributed by atoms with Crippen molar-refractivity contribution in [3.05, 3.63) is 29.8 Å². The average molecular weight is 287 g/mol. The number of carbonyl (C=O) groups excluding carboxylic acids is 1. The van der Waals surface area contributed by atoms with Crippen molar-refractivity contribution in [2.45, 2.75) is 57.5 Å². The Morgan fingerprint density at radius 2 is 1.52 bits per heavy atom. The van der Waals surface area contributed by atoms with E-state index in [2.05, 4.69) is 11.8 Å². The Kier molecular flexibility index (Phi) is 4.18. The molecular weight excluding hydrogens is 262 g/mol. The highest BCUT2D eigenvalue weighted by Gasteiger charge is 2.38. The van der Waals surface area contributed by atoms with E-state index in [0.29, 0.717) is 12.1 Å². The first-order chi connectivity index (χ1) is 10.2. The summed E-state index contributed by atoms with van der Waals surface area (Å²) in [4.78, 5) is 15.1. The highest BCUT2D eigenvalue weighted by Crippen LogP contribution is 2.36. The second-order valence-electron chi connectivity index (χ2n) is 6.59. The third-order valence-electron chi connectivity index (χ3n) is 4.89. The molecule has 3 rings (SSSR count). The highest BCUT2D eigenvalue weighted by atomic mass is 16.5. The molecule has 114 valence electrons. The maximum atomic E-state index is 12.9. The molecule has 0 atom stereocenters. The molecule has 2 aliphatic carbocycles. The lowest BCUT2D eigenvalue weighted by Gasteiger charge is -2.36. The lowest BCUT2D eigenvalue weighted by atomic mass is 9.86. The number of benzene rings is 1. The van der Waals surface area contributed by atoms with Crippen molar-refractivity contribution in [3.8, 4) is 5.75 Å². The van der Waals surface area contributed by atoms with Crippen LogP contribution >= 0.6 is 0 Å². The van der Waals surface area contributed by atoms with Crippen LogP contribution in [0.1, 0.15) is 55.8 Å². The fourth-order valence-corrected chi connectivity index (χ4v) is 3.39. The van der Waals surface area contributed by atoms with Gasteiger partial charge in [-0.25, -0.2) is 0 Å². The van der Waals surface area contributed by atoms with Crippen LogP contribution in [0.5, 0.6) is 5.75 Å². The Morgan fingerprint density at radius 1 is 1.00 bits per heavy atom. The van der Waals surface area contributed by atoms with Gasteiger partial charge in [0.25, 0.3) is 5.91 Å². The molecule has 0 aromatic heterocycles. The topological polar surface area (TPSA) is 29.5 Å². The molecule has 2 saturated carbocycles. The van der Waals surface area contributed by atoms with Crippen LogP contribution in [-0.2, 0) is 0 Å². The Morgan fingerprint density at radius 3 is 2.00 bits per heavy atom. The molecule has 0 heterocycles. The number of methoxy groups -OCH3 is 1. The van der Waals surface area contributed by atoms with Gasteiger partial charge in [-0.3, -0.25) is 4.79 Å². The summed E-state index contributed by atoms with van der Waals surface area (Å²) in [6.45, 7) is 2.32. The Balaban J connectivity index is 1.75. The minimum atomic E-state index is 0.208. The Labute approximate surface area is 127 Å². The predicted octanol–water partition coefficient (Wildman–Crippen LogP) is 3.88. The molecule has 0 radical (unpaired) electrons. The van der Waals surface area contributed by atoms with E-state index in [1.54, 1.807) is 7.11 Å². The molecular formula is C18H25NO2. The van der Waals surface area contributed by atoms with Crippen LogP contribution in [0, 0.1) is 5.92 Å². The van der Waals surface area contributed by atoms with Crippen molar-refractivity contribution in [3.63, 3.8) is 0 Å². The van der Waals surface area contributed by atoms with Crippen molar-refractivity contribution in [2.75, 3.05) is 7.11 Å². The fourth-order valence-electron chi connectivity index (χ4n) is 3.39. The van der Waals surface area contributed by atoms with Crippen molar-refractivity contribution in [1.82, 2.24) is 4.90 Å². The standard InChI is InChI=1S/C18H25NO2/c1-13-3-7-15(8-4-13)19(16-9-10-16)18(20)14-5-11-17(21-2)12-6-14/h5-6,11-13,15-16H,3-4,7-10H2,1-2H3. The Hall–Kier alpha value is -1.51. The third kappa shape index (κ3) is 3.22. The van der Waals surface area contributed by atoms with Gasteiger partial charge in [-0.15, -0.1) is 0 Å². The molecule has 2 aliphatic rings. The van der Waals surface area contributed by atoms with E-state index in [9.17, 15) is 4.79 Å². The van der Waals surface area contributed by atoms with Gasteiger partial charge in [-0.05, 0) is 68.7 Å². The van der Waals surface area contributed by atoms with E-state index >= 15 is 0 Å². The lowest BCUT2D eigenvalue weighted by molar-refractivity contribution is 0.0593. The second kappa shape index (κ2) is 6.08. The average Bonchev–Trinajstić information content (AvgIpc) is 3.34. The molecule has 0 unspecified atom stereocenters. The molecule has 1 aromatic carbocycles. The SMILES string of the molecule is COc1ccc(C(=O)N(C2CCC(C)CC2)C2CC2)cc1. The number of hydrogen-bond acceptors (Lipinski definition) is 2. The molecule has 1 aromatic rings. The first-order valence-electron chi connectivity index (χ1n) is 8.15. The summed E-state index contributed by atoms with van der Waals surface area (Å²) >= 11 is 0. The molecule has 21 heavy (non-hydrogen) atoms. The molecule has 3 nitrogen and oxygen atoms in total. The predicted molar refractivity (Wildman–Crippen MR) is 83.6 cm³/mol. The normalized spacial score (nSPS) is 25.4. The van der Waals surface area contributed by atoms with E-state index in [1.807, 2.05) is 24.3 Å². The zero-order chi connectivity index (χ0) is 14.8.